The van der Waals surface area contributed by atoms with Crippen molar-refractivity contribution in [2.75, 3.05) is 18.1 Å². The largest absolute Gasteiger partial charge is 0.508 e. The van der Waals surface area contributed by atoms with Gasteiger partial charge in [-0.05, 0) is 60.6 Å². The molecule has 0 saturated carbocycles. The summed E-state index contributed by atoms with van der Waals surface area (Å²) in [5, 5.41) is 31.2. The lowest BCUT2D eigenvalue weighted by Crippen LogP contribution is -2.35. The van der Waals surface area contributed by atoms with E-state index >= 15 is 0 Å². The predicted molar refractivity (Wildman–Crippen MR) is 140 cm³/mol. The third-order valence-electron chi connectivity index (χ3n) is 7.92. The summed E-state index contributed by atoms with van der Waals surface area (Å²) in [7, 11) is 0. The van der Waals surface area contributed by atoms with Crippen molar-refractivity contribution in [3.63, 3.8) is 0 Å². The van der Waals surface area contributed by atoms with E-state index in [-0.39, 0.29) is 54.7 Å². The van der Waals surface area contributed by atoms with E-state index in [1.165, 1.54) is 29.8 Å². The minimum Gasteiger partial charge on any atom is -0.508 e. The number of carbonyl (C=O) groups is 2. The fraction of sp³-hybridized carbons (Fsp3) is 0.379. The average Bonchev–Trinajstić information content (AvgIpc) is 3.44. The van der Waals surface area contributed by atoms with E-state index in [1.807, 2.05) is 6.07 Å². The molecular weight excluding hydrogens is 488 g/mol. The summed E-state index contributed by atoms with van der Waals surface area (Å²) in [6.45, 7) is 2.14. The SMILES string of the molecule is CC/C(=C\c1cccc(O)c1)CC[C@H]1OC[C@H]2C1=C(CO)C[C@H]1C(=O)N(c3cccc([N+](=O)[O-])c3)C(=O)[C@H]12. The number of aliphatic hydroxyl groups excluding tert-OH is 1. The van der Waals surface area contributed by atoms with Gasteiger partial charge in [0.05, 0.1) is 41.8 Å². The number of nitro benzene ring substituents is 1. The highest BCUT2D eigenvalue weighted by atomic mass is 16.6. The summed E-state index contributed by atoms with van der Waals surface area (Å²) in [5.74, 6) is -2.12. The smallest absolute Gasteiger partial charge is 0.271 e. The highest BCUT2D eigenvalue weighted by molar-refractivity contribution is 6.22. The number of anilines is 1. The Morgan fingerprint density at radius 2 is 1.95 bits per heavy atom. The van der Waals surface area contributed by atoms with Gasteiger partial charge in [0, 0.05) is 18.1 Å². The molecule has 2 N–H and O–H groups in total. The Bertz CT molecular complexity index is 1350. The van der Waals surface area contributed by atoms with E-state index in [0.29, 0.717) is 6.42 Å². The molecule has 0 spiro atoms. The molecule has 2 fully saturated rings. The summed E-state index contributed by atoms with van der Waals surface area (Å²) in [4.78, 5) is 38.7. The normalized spacial score (nSPS) is 25.1. The van der Waals surface area contributed by atoms with Gasteiger partial charge in [0.2, 0.25) is 11.8 Å². The number of carbonyl (C=O) groups excluding carboxylic acids is 2. The number of nitro groups is 1. The summed E-state index contributed by atoms with van der Waals surface area (Å²) < 4.78 is 6.17. The van der Waals surface area contributed by atoms with Gasteiger partial charge >= 0.3 is 0 Å². The van der Waals surface area contributed by atoms with Crippen LogP contribution in [0.25, 0.3) is 6.08 Å². The number of nitrogens with zero attached hydrogens (tertiary/aromatic N) is 2. The number of imide groups is 1. The van der Waals surface area contributed by atoms with E-state index in [4.69, 9.17) is 4.74 Å². The molecule has 2 aromatic carbocycles. The van der Waals surface area contributed by atoms with Crippen molar-refractivity contribution >= 4 is 29.3 Å². The molecule has 2 aliphatic heterocycles. The number of phenols is 1. The van der Waals surface area contributed by atoms with Gasteiger partial charge in [-0.1, -0.05) is 36.8 Å². The van der Waals surface area contributed by atoms with Gasteiger partial charge in [-0.15, -0.1) is 0 Å². The molecule has 0 unspecified atom stereocenters. The number of hydrogen-bond acceptors (Lipinski definition) is 7. The van der Waals surface area contributed by atoms with Crippen LogP contribution in [0, 0.1) is 27.9 Å². The highest BCUT2D eigenvalue weighted by Gasteiger charge is 2.57. The first kappa shape index (κ1) is 25.8. The second-order valence-electron chi connectivity index (χ2n) is 10.1. The van der Waals surface area contributed by atoms with Crippen LogP contribution in [0.4, 0.5) is 11.4 Å². The Labute approximate surface area is 220 Å². The fourth-order valence-corrected chi connectivity index (χ4v) is 6.14. The molecule has 198 valence electrons. The van der Waals surface area contributed by atoms with Crippen LogP contribution in [0.15, 0.2) is 65.3 Å². The number of rotatable bonds is 8. The molecule has 9 heteroatoms. The predicted octanol–water partition coefficient (Wildman–Crippen LogP) is 4.39. The van der Waals surface area contributed by atoms with Crippen LogP contribution in [0.5, 0.6) is 5.75 Å². The average molecular weight is 519 g/mol. The maximum atomic E-state index is 13.6. The molecule has 2 amide bonds. The van der Waals surface area contributed by atoms with Crippen molar-refractivity contribution in [1.29, 1.82) is 0 Å². The highest BCUT2D eigenvalue weighted by Crippen LogP contribution is 2.50. The zero-order valence-electron chi connectivity index (χ0n) is 21.1. The number of non-ortho nitro benzene ring substituents is 1. The summed E-state index contributed by atoms with van der Waals surface area (Å²) in [5.41, 5.74) is 3.77. The molecule has 0 bridgehead atoms. The van der Waals surface area contributed by atoms with Gasteiger partial charge in [-0.2, -0.15) is 0 Å². The van der Waals surface area contributed by atoms with Crippen LogP contribution in [0.3, 0.4) is 0 Å². The van der Waals surface area contributed by atoms with Gasteiger partial charge in [0.25, 0.3) is 5.69 Å². The van der Waals surface area contributed by atoms with E-state index in [2.05, 4.69) is 13.0 Å². The molecule has 4 atom stereocenters. The molecular formula is C29H30N2O7. The van der Waals surface area contributed by atoms with Crippen LogP contribution < -0.4 is 4.90 Å². The van der Waals surface area contributed by atoms with Gasteiger partial charge in [-0.3, -0.25) is 19.7 Å². The number of ether oxygens (including phenoxy) is 1. The van der Waals surface area contributed by atoms with E-state index in [1.54, 1.807) is 18.2 Å². The molecule has 9 nitrogen and oxygen atoms in total. The third-order valence-corrected chi connectivity index (χ3v) is 7.92. The van der Waals surface area contributed by atoms with Crippen molar-refractivity contribution in [2.45, 2.75) is 38.7 Å². The molecule has 38 heavy (non-hydrogen) atoms. The number of fused-ring (bicyclic) bond motifs is 3. The third kappa shape index (κ3) is 4.63. The van der Waals surface area contributed by atoms with E-state index in [0.717, 1.165) is 34.5 Å². The minimum absolute atomic E-state index is 0.191. The van der Waals surface area contributed by atoms with Crippen molar-refractivity contribution in [3.05, 3.63) is 80.9 Å². The zero-order chi connectivity index (χ0) is 27.0. The maximum absolute atomic E-state index is 13.6. The van der Waals surface area contributed by atoms with Gasteiger partial charge in [-0.25, -0.2) is 4.90 Å². The van der Waals surface area contributed by atoms with E-state index < -0.39 is 22.7 Å². The van der Waals surface area contributed by atoms with Crippen molar-refractivity contribution < 1.29 is 29.5 Å². The lowest BCUT2D eigenvalue weighted by Gasteiger charge is -2.31. The molecule has 2 aromatic rings. The zero-order valence-corrected chi connectivity index (χ0v) is 21.1. The molecule has 2 saturated heterocycles. The molecule has 5 rings (SSSR count). The monoisotopic (exact) mass is 518 g/mol. The molecule has 0 radical (unpaired) electrons. The van der Waals surface area contributed by atoms with Crippen LogP contribution in [0.2, 0.25) is 0 Å². The molecule has 0 aromatic heterocycles. The number of aromatic hydroxyl groups is 1. The summed E-state index contributed by atoms with van der Waals surface area (Å²) >= 11 is 0. The van der Waals surface area contributed by atoms with Crippen LogP contribution in [-0.4, -0.2) is 46.3 Å². The summed E-state index contributed by atoms with van der Waals surface area (Å²) in [6, 6.07) is 12.6. The Hall–Kier alpha value is -3.82. The molecule has 1 aliphatic carbocycles. The number of amides is 2. The van der Waals surface area contributed by atoms with Crippen molar-refractivity contribution in [2.24, 2.45) is 17.8 Å². The Morgan fingerprint density at radius 3 is 2.66 bits per heavy atom. The number of benzene rings is 2. The number of hydrogen-bond donors (Lipinski definition) is 2. The first-order chi connectivity index (χ1) is 18.3. The topological polar surface area (TPSA) is 130 Å². The second-order valence-corrected chi connectivity index (χ2v) is 10.1. The first-order valence-corrected chi connectivity index (χ1v) is 12.9. The Kier molecular flexibility index (Phi) is 7.14. The van der Waals surface area contributed by atoms with E-state index in [9.17, 15) is 29.9 Å². The van der Waals surface area contributed by atoms with Crippen LogP contribution in [0.1, 0.15) is 38.2 Å². The first-order valence-electron chi connectivity index (χ1n) is 12.9. The Balaban J connectivity index is 1.37. The number of allylic oxidation sites excluding steroid dienone is 1. The van der Waals surface area contributed by atoms with Crippen LogP contribution in [-0.2, 0) is 14.3 Å². The number of aliphatic hydroxyl groups is 1. The van der Waals surface area contributed by atoms with Crippen LogP contribution >= 0.6 is 0 Å². The molecule has 2 heterocycles. The van der Waals surface area contributed by atoms with Crippen molar-refractivity contribution in [1.82, 2.24) is 0 Å². The number of phenolic OH excluding ortho intramolecular Hbond substituents is 1. The van der Waals surface area contributed by atoms with Gasteiger partial charge in [0.15, 0.2) is 0 Å². The lowest BCUT2D eigenvalue weighted by atomic mass is 9.69. The fourth-order valence-electron chi connectivity index (χ4n) is 6.14. The lowest BCUT2D eigenvalue weighted by molar-refractivity contribution is -0.384. The summed E-state index contributed by atoms with van der Waals surface area (Å²) in [6.07, 6.45) is 4.29. The van der Waals surface area contributed by atoms with Crippen molar-refractivity contribution in [3.8, 4) is 5.75 Å². The Morgan fingerprint density at radius 1 is 1.16 bits per heavy atom. The minimum atomic E-state index is -0.628. The van der Waals surface area contributed by atoms with Gasteiger partial charge in [0.1, 0.15) is 5.75 Å². The standard InChI is InChI=1S/C29H30N2O7/c1-2-17(11-18-5-3-8-22(33)12-18)9-10-25-26-19(15-32)13-23-27(24(26)16-38-25)29(35)30(28(23)34)20-6-4-7-21(14-20)31(36)37/h3-8,11-12,14,23-25,27,32-33H,2,9-10,13,15-16H2,1H3/b17-11+/t23-,24+,25-,27-/m1/s1. The second kappa shape index (κ2) is 10.5. The molecule has 3 aliphatic rings. The van der Waals surface area contributed by atoms with Gasteiger partial charge < -0.3 is 14.9 Å². The maximum Gasteiger partial charge on any atom is 0.271 e. The quantitative estimate of drug-likeness (QED) is 0.229.